The summed E-state index contributed by atoms with van der Waals surface area (Å²) in [5.41, 5.74) is 13.1. The molecule has 0 saturated heterocycles. The fourth-order valence-electron chi connectivity index (χ4n) is 9.11. The molecule has 1 fully saturated rings. The SMILES string of the molecule is Cc1cc(C)c(N2c3ccccc3C(C)(C)c3cc4c5ccccc5n(-c5cc(C(C)(C)C)ccn5)c4cc32)cc1C1=N[C@H](C2CCCC2)CO1. The minimum Gasteiger partial charge on any atom is -0.475 e. The molecule has 0 unspecified atom stereocenters. The quantitative estimate of drug-likeness (QED) is 0.187. The van der Waals surface area contributed by atoms with Gasteiger partial charge in [0.15, 0.2) is 0 Å². The Balaban J connectivity index is 1.30. The van der Waals surface area contributed by atoms with E-state index in [2.05, 4.69) is 143 Å². The molecule has 0 amide bonds. The summed E-state index contributed by atoms with van der Waals surface area (Å²) in [4.78, 5) is 12.7. The number of aryl methyl sites for hydroxylation is 2. The summed E-state index contributed by atoms with van der Waals surface area (Å²) in [7, 11) is 0. The zero-order valence-corrected chi connectivity index (χ0v) is 31.0. The largest absolute Gasteiger partial charge is 0.475 e. The summed E-state index contributed by atoms with van der Waals surface area (Å²) in [6, 6.07) is 31.9. The highest BCUT2D eigenvalue weighted by molar-refractivity contribution is 6.11. The van der Waals surface area contributed by atoms with Crippen LogP contribution in [0, 0.1) is 19.8 Å². The van der Waals surface area contributed by atoms with Gasteiger partial charge < -0.3 is 9.64 Å². The molecule has 0 N–H and O–H groups in total. The van der Waals surface area contributed by atoms with E-state index < -0.39 is 0 Å². The van der Waals surface area contributed by atoms with Gasteiger partial charge in [-0.1, -0.05) is 89.9 Å². The number of anilines is 3. The second-order valence-corrected chi connectivity index (χ2v) is 16.7. The van der Waals surface area contributed by atoms with Gasteiger partial charge >= 0.3 is 0 Å². The molecule has 5 nitrogen and oxygen atoms in total. The maximum atomic E-state index is 6.41. The van der Waals surface area contributed by atoms with E-state index >= 15 is 0 Å². The molecule has 0 radical (unpaired) electrons. The number of nitrogens with zero attached hydrogens (tertiary/aromatic N) is 4. The van der Waals surface area contributed by atoms with E-state index in [1.54, 1.807) is 0 Å². The molecule has 9 rings (SSSR count). The Kier molecular flexibility index (Phi) is 7.26. The molecule has 1 saturated carbocycles. The fraction of sp³-hybridized carbons (Fsp3) is 0.348. The molecule has 0 bridgehead atoms. The maximum Gasteiger partial charge on any atom is 0.216 e. The van der Waals surface area contributed by atoms with Crippen LogP contribution in [0.4, 0.5) is 17.1 Å². The average molecular weight is 673 g/mol. The van der Waals surface area contributed by atoms with Crippen LogP contribution in [0.2, 0.25) is 0 Å². The first-order valence-corrected chi connectivity index (χ1v) is 18.8. The predicted molar refractivity (Wildman–Crippen MR) is 212 cm³/mol. The van der Waals surface area contributed by atoms with E-state index in [9.17, 15) is 0 Å². The molecule has 4 aromatic carbocycles. The van der Waals surface area contributed by atoms with Crippen LogP contribution in [-0.2, 0) is 15.6 Å². The van der Waals surface area contributed by atoms with E-state index in [4.69, 9.17) is 14.7 Å². The van der Waals surface area contributed by atoms with Crippen molar-refractivity contribution < 1.29 is 4.74 Å². The van der Waals surface area contributed by atoms with Crippen molar-refractivity contribution in [2.75, 3.05) is 11.5 Å². The standard InChI is InChI=1S/C46H48N4O/c1-28-22-29(2)40(25-33(28)44-48-37(27-51-44)30-14-8-9-15-30)49-39-19-13-11-17-35(39)46(6,7)36-24-34-32-16-10-12-18-38(32)50(41(34)26-42(36)49)43-23-31(20-21-47-43)45(3,4)5/h10-13,16-26,30,37H,8-9,14-15,27H2,1-7H3/t37-/m0/s1. The Morgan fingerprint density at radius 3 is 2.31 bits per heavy atom. The fourth-order valence-corrected chi connectivity index (χ4v) is 9.11. The Morgan fingerprint density at radius 2 is 1.51 bits per heavy atom. The van der Waals surface area contributed by atoms with Crippen LogP contribution < -0.4 is 4.90 Å². The van der Waals surface area contributed by atoms with E-state index in [1.807, 2.05) is 6.20 Å². The number of pyridine rings is 1. The summed E-state index contributed by atoms with van der Waals surface area (Å²) in [5, 5.41) is 2.48. The van der Waals surface area contributed by atoms with Gasteiger partial charge in [0.25, 0.3) is 0 Å². The van der Waals surface area contributed by atoms with Gasteiger partial charge in [0, 0.05) is 33.6 Å². The van der Waals surface area contributed by atoms with Crippen LogP contribution in [0.5, 0.6) is 0 Å². The van der Waals surface area contributed by atoms with Gasteiger partial charge in [-0.2, -0.15) is 0 Å². The first kappa shape index (κ1) is 32.0. The molecule has 258 valence electrons. The number of hydrogen-bond acceptors (Lipinski definition) is 4. The zero-order valence-electron chi connectivity index (χ0n) is 31.0. The molecule has 51 heavy (non-hydrogen) atoms. The molecular weight excluding hydrogens is 625 g/mol. The predicted octanol–water partition coefficient (Wildman–Crippen LogP) is 11.5. The number of benzene rings is 4. The zero-order chi connectivity index (χ0) is 35.2. The van der Waals surface area contributed by atoms with Crippen molar-refractivity contribution in [2.24, 2.45) is 10.9 Å². The van der Waals surface area contributed by atoms with Gasteiger partial charge in [0.05, 0.1) is 28.5 Å². The third-order valence-corrected chi connectivity index (χ3v) is 12.0. The lowest BCUT2D eigenvalue weighted by atomic mass is 9.73. The number of para-hydroxylation sites is 2. The molecule has 3 aliphatic rings. The number of aromatic nitrogens is 2. The first-order chi connectivity index (χ1) is 24.5. The summed E-state index contributed by atoms with van der Waals surface area (Å²) in [6.07, 6.45) is 7.12. The van der Waals surface area contributed by atoms with Crippen LogP contribution in [0.3, 0.4) is 0 Å². The van der Waals surface area contributed by atoms with Crippen molar-refractivity contribution in [2.45, 2.75) is 91.0 Å². The number of fused-ring (bicyclic) bond motifs is 5. The van der Waals surface area contributed by atoms with Crippen molar-refractivity contribution in [1.82, 2.24) is 9.55 Å². The minimum atomic E-state index is -0.223. The highest BCUT2D eigenvalue weighted by Crippen LogP contribution is 2.54. The van der Waals surface area contributed by atoms with Gasteiger partial charge in [0.1, 0.15) is 12.4 Å². The van der Waals surface area contributed by atoms with E-state index in [0.717, 1.165) is 34.0 Å². The number of rotatable bonds is 4. The molecule has 1 atom stereocenters. The summed E-state index contributed by atoms with van der Waals surface area (Å²) >= 11 is 0. The molecule has 2 aliphatic heterocycles. The third-order valence-electron chi connectivity index (χ3n) is 12.0. The van der Waals surface area contributed by atoms with Crippen LogP contribution >= 0.6 is 0 Å². The van der Waals surface area contributed by atoms with Gasteiger partial charge in [-0.25, -0.2) is 9.98 Å². The van der Waals surface area contributed by atoms with Crippen molar-refractivity contribution >= 4 is 44.8 Å². The van der Waals surface area contributed by atoms with Crippen molar-refractivity contribution in [3.8, 4) is 5.82 Å². The lowest BCUT2D eigenvalue weighted by Crippen LogP contribution is -2.31. The Hall–Kier alpha value is -4.90. The van der Waals surface area contributed by atoms with Crippen LogP contribution in [0.15, 0.2) is 96.1 Å². The number of aliphatic imine (C=N–C) groups is 1. The normalized spacial score (nSPS) is 18.6. The number of ether oxygens (including phenoxy) is 1. The van der Waals surface area contributed by atoms with Crippen molar-refractivity contribution in [3.05, 3.63) is 125 Å². The van der Waals surface area contributed by atoms with Crippen LogP contribution in [-0.4, -0.2) is 28.1 Å². The van der Waals surface area contributed by atoms with E-state index in [1.165, 1.54) is 75.6 Å². The summed E-state index contributed by atoms with van der Waals surface area (Å²) in [5.74, 6) is 2.39. The molecular formula is C46H48N4O. The van der Waals surface area contributed by atoms with Crippen molar-refractivity contribution in [3.63, 3.8) is 0 Å². The average Bonchev–Trinajstić information content (AvgIpc) is 3.88. The van der Waals surface area contributed by atoms with Crippen LogP contribution in [0.1, 0.15) is 93.7 Å². The molecule has 5 heteroatoms. The minimum absolute atomic E-state index is 0.00523. The maximum absolute atomic E-state index is 6.41. The topological polar surface area (TPSA) is 42.7 Å². The monoisotopic (exact) mass is 672 g/mol. The highest BCUT2D eigenvalue weighted by Gasteiger charge is 2.39. The second kappa shape index (κ2) is 11.6. The van der Waals surface area contributed by atoms with E-state index in [-0.39, 0.29) is 16.9 Å². The summed E-state index contributed by atoms with van der Waals surface area (Å²) < 4.78 is 8.77. The van der Waals surface area contributed by atoms with Gasteiger partial charge in [-0.15, -0.1) is 0 Å². The number of hydrogen-bond donors (Lipinski definition) is 0. The Labute approximate surface area is 302 Å². The lowest BCUT2D eigenvalue weighted by molar-refractivity contribution is 0.279. The molecule has 4 heterocycles. The Morgan fingerprint density at radius 1 is 0.745 bits per heavy atom. The molecule has 2 aromatic heterocycles. The van der Waals surface area contributed by atoms with Gasteiger partial charge in [-0.3, -0.25) is 4.57 Å². The molecule has 0 spiro atoms. The lowest BCUT2D eigenvalue weighted by Gasteiger charge is -2.42. The smallest absolute Gasteiger partial charge is 0.216 e. The summed E-state index contributed by atoms with van der Waals surface area (Å²) in [6.45, 7) is 16.7. The van der Waals surface area contributed by atoms with E-state index in [0.29, 0.717) is 12.5 Å². The van der Waals surface area contributed by atoms with Gasteiger partial charge in [-0.05, 0) is 108 Å². The van der Waals surface area contributed by atoms with Gasteiger partial charge in [0.2, 0.25) is 5.90 Å². The highest BCUT2D eigenvalue weighted by atomic mass is 16.5. The Bertz CT molecular complexity index is 2380. The third kappa shape index (κ3) is 5.03. The first-order valence-electron chi connectivity index (χ1n) is 18.8. The van der Waals surface area contributed by atoms with Crippen LogP contribution in [0.25, 0.3) is 27.6 Å². The van der Waals surface area contributed by atoms with Crippen molar-refractivity contribution in [1.29, 1.82) is 0 Å². The molecule has 6 aromatic rings. The second-order valence-electron chi connectivity index (χ2n) is 16.7. The molecule has 1 aliphatic carbocycles.